The third-order valence-corrected chi connectivity index (χ3v) is 7.13. The van der Waals surface area contributed by atoms with E-state index in [1.54, 1.807) is 0 Å². The summed E-state index contributed by atoms with van der Waals surface area (Å²) in [6.07, 6.45) is 0.551. The molecule has 8 nitrogen and oxygen atoms in total. The molecule has 3 heterocycles. The van der Waals surface area contributed by atoms with Crippen molar-refractivity contribution in [1.82, 2.24) is 24.1 Å². The van der Waals surface area contributed by atoms with Gasteiger partial charge in [-0.2, -0.15) is 4.37 Å². The first-order valence-corrected chi connectivity index (χ1v) is 12.3. The van der Waals surface area contributed by atoms with E-state index in [9.17, 15) is 9.90 Å². The Morgan fingerprint density at radius 1 is 1.23 bits per heavy atom. The van der Waals surface area contributed by atoms with Crippen molar-refractivity contribution in [2.24, 2.45) is 5.41 Å². The molecule has 176 valence electrons. The Kier molecular flexibility index (Phi) is 7.61. The average molecular weight is 453 g/mol. The van der Waals surface area contributed by atoms with E-state index in [4.69, 9.17) is 4.98 Å². The minimum absolute atomic E-state index is 0.176. The molecule has 1 aromatic rings. The van der Waals surface area contributed by atoms with Crippen LogP contribution in [0.5, 0.6) is 0 Å². The van der Waals surface area contributed by atoms with Crippen LogP contribution in [0.4, 0.5) is 5.13 Å². The van der Waals surface area contributed by atoms with Gasteiger partial charge < -0.3 is 15.3 Å². The van der Waals surface area contributed by atoms with Gasteiger partial charge in [-0.1, -0.05) is 20.8 Å². The number of hydrogen-bond donors (Lipinski definition) is 2. The van der Waals surface area contributed by atoms with Gasteiger partial charge >= 0.3 is 0 Å². The van der Waals surface area contributed by atoms with Crippen molar-refractivity contribution in [3.8, 4) is 0 Å². The summed E-state index contributed by atoms with van der Waals surface area (Å²) in [5, 5.41) is 14.3. The predicted molar refractivity (Wildman–Crippen MR) is 125 cm³/mol. The first-order valence-electron chi connectivity index (χ1n) is 11.5. The zero-order chi connectivity index (χ0) is 22.9. The van der Waals surface area contributed by atoms with Crippen LogP contribution in [0.25, 0.3) is 0 Å². The topological polar surface area (TPSA) is 84.8 Å². The van der Waals surface area contributed by atoms with Crippen LogP contribution >= 0.6 is 11.5 Å². The second-order valence-corrected chi connectivity index (χ2v) is 11.3. The van der Waals surface area contributed by atoms with Crippen molar-refractivity contribution in [3.05, 3.63) is 5.82 Å². The molecule has 0 aromatic carbocycles. The fraction of sp³-hybridized carbons (Fsp3) is 0.864. The van der Waals surface area contributed by atoms with E-state index < -0.39 is 0 Å². The SMILES string of the molecule is CC1CN(C(=O)C(C)(C)C)C(C)CN1Cc1nsc(NCC2CC(O)CN2C(C)C)n1. The summed E-state index contributed by atoms with van der Waals surface area (Å²) < 4.78 is 4.56. The molecule has 31 heavy (non-hydrogen) atoms. The zero-order valence-corrected chi connectivity index (χ0v) is 20.9. The van der Waals surface area contributed by atoms with Crippen LogP contribution in [0.2, 0.25) is 0 Å². The molecule has 4 atom stereocenters. The van der Waals surface area contributed by atoms with E-state index in [2.05, 4.69) is 47.2 Å². The number of rotatable bonds is 6. The van der Waals surface area contributed by atoms with Crippen molar-refractivity contribution < 1.29 is 9.90 Å². The normalized spacial score (nSPS) is 28.5. The first-order chi connectivity index (χ1) is 14.5. The van der Waals surface area contributed by atoms with E-state index in [1.807, 2.05) is 25.7 Å². The number of nitrogens with zero attached hydrogens (tertiary/aromatic N) is 5. The molecule has 2 aliphatic heterocycles. The molecule has 2 saturated heterocycles. The standard InChI is InChI=1S/C22H40N6O2S/c1-14(2)27-12-18(29)8-17(27)9-23-21-24-19(25-31-21)13-26-10-16(4)28(11-15(26)3)20(30)22(5,6)7/h14-18,29H,8-13H2,1-7H3,(H,23,24,25). The number of carbonyl (C=O) groups excluding carboxylic acids is 1. The van der Waals surface area contributed by atoms with Crippen LogP contribution in [0.15, 0.2) is 0 Å². The predicted octanol–water partition coefficient (Wildman–Crippen LogP) is 2.26. The van der Waals surface area contributed by atoms with E-state index in [0.29, 0.717) is 18.6 Å². The molecule has 1 amide bonds. The Balaban J connectivity index is 1.53. The lowest BCUT2D eigenvalue weighted by molar-refractivity contribution is -0.145. The highest BCUT2D eigenvalue weighted by molar-refractivity contribution is 7.09. The summed E-state index contributed by atoms with van der Waals surface area (Å²) in [4.78, 5) is 24.2. The minimum Gasteiger partial charge on any atom is -0.392 e. The number of anilines is 1. The number of aliphatic hydroxyl groups excluding tert-OH is 1. The second-order valence-electron chi connectivity index (χ2n) is 10.6. The lowest BCUT2D eigenvalue weighted by Gasteiger charge is -2.45. The smallest absolute Gasteiger partial charge is 0.228 e. The van der Waals surface area contributed by atoms with Gasteiger partial charge in [-0.3, -0.25) is 14.6 Å². The second kappa shape index (κ2) is 9.68. The Morgan fingerprint density at radius 3 is 2.58 bits per heavy atom. The molecular weight excluding hydrogens is 412 g/mol. The monoisotopic (exact) mass is 452 g/mol. The largest absolute Gasteiger partial charge is 0.392 e. The number of hydrogen-bond acceptors (Lipinski definition) is 8. The Labute approximate surface area is 191 Å². The van der Waals surface area contributed by atoms with Gasteiger partial charge in [0.1, 0.15) is 0 Å². The van der Waals surface area contributed by atoms with E-state index in [0.717, 1.165) is 43.6 Å². The maximum atomic E-state index is 12.8. The van der Waals surface area contributed by atoms with Gasteiger partial charge in [0.2, 0.25) is 11.0 Å². The summed E-state index contributed by atoms with van der Waals surface area (Å²) in [6.45, 7) is 18.4. The van der Waals surface area contributed by atoms with E-state index in [1.165, 1.54) is 11.5 Å². The summed E-state index contributed by atoms with van der Waals surface area (Å²) in [7, 11) is 0. The van der Waals surface area contributed by atoms with Crippen LogP contribution in [-0.4, -0.2) is 91.5 Å². The number of likely N-dealkylation sites (tertiary alicyclic amines) is 1. The van der Waals surface area contributed by atoms with Gasteiger partial charge in [-0.05, 0) is 34.1 Å². The van der Waals surface area contributed by atoms with Crippen LogP contribution in [0.1, 0.15) is 60.7 Å². The summed E-state index contributed by atoms with van der Waals surface area (Å²) in [6, 6.07) is 1.18. The van der Waals surface area contributed by atoms with Crippen molar-refractivity contribution in [3.63, 3.8) is 0 Å². The number of amides is 1. The molecule has 1 aromatic heterocycles. The van der Waals surface area contributed by atoms with Crippen LogP contribution < -0.4 is 5.32 Å². The van der Waals surface area contributed by atoms with Gasteiger partial charge in [0.05, 0.1) is 12.6 Å². The molecule has 0 saturated carbocycles. The number of aromatic nitrogens is 2. The van der Waals surface area contributed by atoms with Gasteiger partial charge in [0.15, 0.2) is 5.82 Å². The Bertz CT molecular complexity index is 749. The van der Waals surface area contributed by atoms with Gasteiger partial charge in [-0.25, -0.2) is 4.98 Å². The number of nitrogens with one attached hydrogen (secondary N) is 1. The number of carbonyl (C=O) groups is 1. The first kappa shape index (κ1) is 24.4. The average Bonchev–Trinajstić information content (AvgIpc) is 3.27. The molecule has 0 bridgehead atoms. The number of β-amino-alcohol motifs (C(OH)–C–C–N with tert-alkyl or cyclic N) is 1. The lowest BCUT2D eigenvalue weighted by Crippen LogP contribution is -2.59. The maximum Gasteiger partial charge on any atom is 0.228 e. The fourth-order valence-electron chi connectivity index (χ4n) is 4.66. The van der Waals surface area contributed by atoms with Crippen LogP contribution in [0, 0.1) is 5.41 Å². The molecule has 9 heteroatoms. The highest BCUT2D eigenvalue weighted by Crippen LogP contribution is 2.25. The van der Waals surface area contributed by atoms with Crippen LogP contribution in [-0.2, 0) is 11.3 Å². The molecule has 2 N–H and O–H groups in total. The molecule has 0 radical (unpaired) electrons. The number of aliphatic hydroxyl groups is 1. The fourth-order valence-corrected chi connectivity index (χ4v) is 5.24. The van der Waals surface area contributed by atoms with E-state index >= 15 is 0 Å². The van der Waals surface area contributed by atoms with Crippen molar-refractivity contribution in [2.75, 3.05) is 31.5 Å². The molecule has 0 spiro atoms. The Hall–Kier alpha value is -1.29. The van der Waals surface area contributed by atoms with Crippen LogP contribution in [0.3, 0.4) is 0 Å². The van der Waals surface area contributed by atoms with Gasteiger partial charge in [0, 0.05) is 67.3 Å². The van der Waals surface area contributed by atoms with Crippen molar-refractivity contribution >= 4 is 22.6 Å². The zero-order valence-electron chi connectivity index (χ0n) is 20.1. The number of piperazine rings is 1. The van der Waals surface area contributed by atoms with Gasteiger partial charge in [0.25, 0.3) is 0 Å². The van der Waals surface area contributed by atoms with E-state index in [-0.39, 0.29) is 29.5 Å². The molecule has 0 aliphatic carbocycles. The highest BCUT2D eigenvalue weighted by Gasteiger charge is 2.37. The minimum atomic E-state index is -0.353. The molecule has 2 fully saturated rings. The Morgan fingerprint density at radius 2 is 1.94 bits per heavy atom. The highest BCUT2D eigenvalue weighted by atomic mass is 32.1. The third-order valence-electron chi connectivity index (χ3n) is 6.42. The molecule has 4 unspecified atom stereocenters. The van der Waals surface area contributed by atoms with Crippen molar-refractivity contribution in [1.29, 1.82) is 0 Å². The molecule has 3 rings (SSSR count). The van der Waals surface area contributed by atoms with Crippen molar-refractivity contribution in [2.45, 2.75) is 91.7 Å². The molecule has 2 aliphatic rings. The quantitative estimate of drug-likeness (QED) is 0.685. The maximum absolute atomic E-state index is 12.8. The summed E-state index contributed by atoms with van der Waals surface area (Å²) in [5.74, 6) is 1.05. The van der Waals surface area contributed by atoms with Gasteiger partial charge in [-0.15, -0.1) is 0 Å². The third kappa shape index (κ3) is 5.94. The summed E-state index contributed by atoms with van der Waals surface area (Å²) in [5.41, 5.74) is -0.353. The lowest BCUT2D eigenvalue weighted by atomic mass is 9.92. The summed E-state index contributed by atoms with van der Waals surface area (Å²) >= 11 is 1.40. The molecular formula is C22H40N6O2S.